The van der Waals surface area contributed by atoms with Crippen LogP contribution >= 0.6 is 0 Å². The lowest BCUT2D eigenvalue weighted by Gasteiger charge is -2.09. The molecule has 0 spiro atoms. The number of hydrogen-bond donors (Lipinski definition) is 1. The molecule has 0 aromatic heterocycles. The summed E-state index contributed by atoms with van der Waals surface area (Å²) in [6.07, 6.45) is 10.8. The molecule has 14 heavy (non-hydrogen) atoms. The van der Waals surface area contributed by atoms with Gasteiger partial charge in [0.1, 0.15) is 0 Å². The van der Waals surface area contributed by atoms with Gasteiger partial charge in [0.15, 0.2) is 0 Å². The molecule has 1 fully saturated rings. The molecule has 1 aliphatic heterocycles. The molecule has 2 aliphatic carbocycles. The van der Waals surface area contributed by atoms with Gasteiger partial charge in [-0.1, -0.05) is 0 Å². The molecule has 0 bridgehead atoms. The van der Waals surface area contributed by atoms with Gasteiger partial charge in [0, 0.05) is 17.8 Å². The van der Waals surface area contributed by atoms with Crippen molar-refractivity contribution in [3.8, 4) is 0 Å². The summed E-state index contributed by atoms with van der Waals surface area (Å²) >= 11 is 0. The van der Waals surface area contributed by atoms with Crippen molar-refractivity contribution < 1.29 is 4.74 Å². The normalized spacial score (nSPS) is 24.4. The van der Waals surface area contributed by atoms with Crippen molar-refractivity contribution >= 4 is 0 Å². The summed E-state index contributed by atoms with van der Waals surface area (Å²) in [4.78, 5) is 0. The fraction of sp³-hybridized carbons (Fsp3) is 0.500. The molecule has 74 valence electrons. The first kappa shape index (κ1) is 8.16. The van der Waals surface area contributed by atoms with Gasteiger partial charge in [-0.2, -0.15) is 0 Å². The maximum absolute atomic E-state index is 5.17. The van der Waals surface area contributed by atoms with Crippen LogP contribution in [0.5, 0.6) is 0 Å². The third-order valence-electron chi connectivity index (χ3n) is 3.14. The summed E-state index contributed by atoms with van der Waals surface area (Å²) in [5.41, 5.74) is 4.14. The summed E-state index contributed by atoms with van der Waals surface area (Å²) in [7, 11) is 0. The standard InChI is InChI=1S/C12H15NO/c1-2-9(1)7-13-12-4-3-10-8-14-6-5-11(10)12/h5-6,8-9,13H,1-4,7H2. The molecule has 3 aliphatic rings. The number of allylic oxidation sites excluding steroid dienone is 4. The molecule has 1 heterocycles. The Morgan fingerprint density at radius 3 is 3.14 bits per heavy atom. The Labute approximate surface area is 84.3 Å². The van der Waals surface area contributed by atoms with E-state index in [1.807, 2.05) is 6.26 Å². The lowest BCUT2D eigenvalue weighted by atomic mass is 10.1. The van der Waals surface area contributed by atoms with Crippen molar-refractivity contribution in [3.63, 3.8) is 0 Å². The predicted molar refractivity (Wildman–Crippen MR) is 55.3 cm³/mol. The molecule has 0 unspecified atom stereocenters. The Morgan fingerprint density at radius 1 is 1.36 bits per heavy atom. The molecule has 1 saturated carbocycles. The molecule has 0 saturated heterocycles. The van der Waals surface area contributed by atoms with Crippen LogP contribution in [0, 0.1) is 5.92 Å². The zero-order valence-corrected chi connectivity index (χ0v) is 8.25. The molecule has 1 N–H and O–H groups in total. The van der Waals surface area contributed by atoms with Crippen LogP contribution in [0.4, 0.5) is 0 Å². The number of ether oxygens (including phenoxy) is 1. The predicted octanol–water partition coefficient (Wildman–Crippen LogP) is 2.46. The number of hydrogen-bond acceptors (Lipinski definition) is 2. The van der Waals surface area contributed by atoms with Crippen LogP contribution in [-0.2, 0) is 4.74 Å². The first-order valence-electron chi connectivity index (χ1n) is 5.42. The van der Waals surface area contributed by atoms with Crippen LogP contribution in [0.3, 0.4) is 0 Å². The van der Waals surface area contributed by atoms with E-state index >= 15 is 0 Å². The van der Waals surface area contributed by atoms with Crippen LogP contribution in [0.15, 0.2) is 35.4 Å². The van der Waals surface area contributed by atoms with Crippen molar-refractivity contribution in [2.45, 2.75) is 25.7 Å². The average Bonchev–Trinajstić information content (AvgIpc) is 2.96. The monoisotopic (exact) mass is 189 g/mol. The van der Waals surface area contributed by atoms with Crippen LogP contribution in [0.1, 0.15) is 25.7 Å². The second-order valence-electron chi connectivity index (χ2n) is 4.30. The third kappa shape index (κ3) is 1.45. The highest BCUT2D eigenvalue weighted by molar-refractivity contribution is 5.48. The zero-order chi connectivity index (χ0) is 9.38. The minimum Gasteiger partial charge on any atom is -0.472 e. The topological polar surface area (TPSA) is 21.3 Å². The lowest BCUT2D eigenvalue weighted by molar-refractivity contribution is 0.393. The van der Waals surface area contributed by atoms with E-state index in [0.717, 1.165) is 18.8 Å². The van der Waals surface area contributed by atoms with Gasteiger partial charge >= 0.3 is 0 Å². The van der Waals surface area contributed by atoms with Crippen molar-refractivity contribution in [2.24, 2.45) is 5.92 Å². The van der Waals surface area contributed by atoms with E-state index in [-0.39, 0.29) is 0 Å². The second kappa shape index (κ2) is 3.19. The molecule has 0 atom stereocenters. The highest BCUT2D eigenvalue weighted by Crippen LogP contribution is 2.34. The van der Waals surface area contributed by atoms with Crippen molar-refractivity contribution in [1.82, 2.24) is 5.32 Å². The third-order valence-corrected chi connectivity index (χ3v) is 3.14. The van der Waals surface area contributed by atoms with Crippen LogP contribution in [0.25, 0.3) is 0 Å². The Kier molecular flexibility index (Phi) is 1.86. The minimum atomic E-state index is 0.944. The quantitative estimate of drug-likeness (QED) is 0.736. The molecular formula is C12H15NO. The van der Waals surface area contributed by atoms with E-state index in [1.165, 1.54) is 36.2 Å². The zero-order valence-electron chi connectivity index (χ0n) is 8.25. The van der Waals surface area contributed by atoms with Gasteiger partial charge in [-0.25, -0.2) is 0 Å². The summed E-state index contributed by atoms with van der Waals surface area (Å²) in [6, 6.07) is 0. The summed E-state index contributed by atoms with van der Waals surface area (Å²) in [5.74, 6) is 0.944. The molecule has 0 amide bonds. The van der Waals surface area contributed by atoms with Crippen molar-refractivity contribution in [2.75, 3.05) is 6.54 Å². The average molecular weight is 189 g/mol. The molecule has 2 nitrogen and oxygen atoms in total. The summed E-state index contributed by atoms with van der Waals surface area (Å²) < 4.78 is 5.17. The van der Waals surface area contributed by atoms with Crippen LogP contribution < -0.4 is 5.32 Å². The molecule has 3 rings (SSSR count). The number of fused-ring (bicyclic) bond motifs is 1. The van der Waals surface area contributed by atoms with Gasteiger partial charge < -0.3 is 10.1 Å². The van der Waals surface area contributed by atoms with E-state index in [1.54, 1.807) is 6.26 Å². The molecule has 2 heteroatoms. The van der Waals surface area contributed by atoms with Gasteiger partial charge in [-0.3, -0.25) is 0 Å². The summed E-state index contributed by atoms with van der Waals surface area (Å²) in [6.45, 7) is 1.17. The van der Waals surface area contributed by atoms with Crippen molar-refractivity contribution in [1.29, 1.82) is 0 Å². The van der Waals surface area contributed by atoms with Gasteiger partial charge in [-0.15, -0.1) is 0 Å². The first-order valence-corrected chi connectivity index (χ1v) is 5.42. The molecule has 0 radical (unpaired) electrons. The van der Waals surface area contributed by atoms with Gasteiger partial charge in [0.2, 0.25) is 0 Å². The van der Waals surface area contributed by atoms with E-state index in [0.29, 0.717) is 0 Å². The molecular weight excluding hydrogens is 174 g/mol. The number of nitrogens with one attached hydrogen (secondary N) is 1. The maximum Gasteiger partial charge on any atom is 0.0940 e. The van der Waals surface area contributed by atoms with E-state index in [4.69, 9.17) is 4.74 Å². The Hall–Kier alpha value is -1.18. The smallest absolute Gasteiger partial charge is 0.0940 e. The van der Waals surface area contributed by atoms with Crippen molar-refractivity contribution in [3.05, 3.63) is 35.4 Å². The Balaban J connectivity index is 1.73. The number of rotatable bonds is 3. The molecule has 0 aromatic carbocycles. The maximum atomic E-state index is 5.17. The van der Waals surface area contributed by atoms with Gasteiger partial charge in [0.25, 0.3) is 0 Å². The Morgan fingerprint density at radius 2 is 2.29 bits per heavy atom. The highest BCUT2D eigenvalue weighted by Gasteiger charge is 2.24. The second-order valence-corrected chi connectivity index (χ2v) is 4.30. The summed E-state index contributed by atoms with van der Waals surface area (Å²) in [5, 5.41) is 3.57. The van der Waals surface area contributed by atoms with E-state index in [2.05, 4.69) is 11.4 Å². The lowest BCUT2D eigenvalue weighted by Crippen LogP contribution is -2.16. The van der Waals surface area contributed by atoms with Gasteiger partial charge in [-0.05, 0) is 43.3 Å². The fourth-order valence-corrected chi connectivity index (χ4v) is 2.05. The van der Waals surface area contributed by atoms with Crippen LogP contribution in [-0.4, -0.2) is 6.54 Å². The van der Waals surface area contributed by atoms with E-state index in [9.17, 15) is 0 Å². The minimum absolute atomic E-state index is 0.944. The Bertz CT molecular complexity index is 334. The highest BCUT2D eigenvalue weighted by atomic mass is 16.5. The van der Waals surface area contributed by atoms with Crippen LogP contribution in [0.2, 0.25) is 0 Å². The fourth-order valence-electron chi connectivity index (χ4n) is 2.05. The first-order chi connectivity index (χ1) is 6.93. The SMILES string of the molecule is C1=CC2=C(NCC3CC3)CCC2=CO1. The van der Waals surface area contributed by atoms with E-state index < -0.39 is 0 Å². The van der Waals surface area contributed by atoms with Gasteiger partial charge in [0.05, 0.1) is 12.5 Å². The molecule has 0 aromatic rings. The largest absolute Gasteiger partial charge is 0.472 e.